The fourth-order valence-electron chi connectivity index (χ4n) is 14.0. The van der Waals surface area contributed by atoms with Crippen molar-refractivity contribution in [2.75, 3.05) is 4.90 Å². The quantitative estimate of drug-likeness (QED) is 0.139. The monoisotopic (exact) mass is 967 g/mol. The maximum atomic E-state index is 2.51. The van der Waals surface area contributed by atoms with Crippen LogP contribution in [0.4, 0.5) is 17.1 Å². The van der Waals surface area contributed by atoms with E-state index in [-0.39, 0.29) is 16.7 Å². The molecule has 356 valence electrons. The minimum absolute atomic E-state index is 0.135. The van der Waals surface area contributed by atoms with Gasteiger partial charge in [-0.1, -0.05) is 239 Å². The molecule has 0 aliphatic heterocycles. The SMILES string of the molecule is CC12C(c3ccc(N(c4ccc(-c5cccc6sc7ccccc7c56)cc4)c4ccccc4-c4cccc5cccc(C6CCCCC6)c45)cc3)=CC=CC1C(c1ccccc1)(c1ccccc1)c1ccccc12. The number of thiophene rings is 1. The van der Waals surface area contributed by atoms with Gasteiger partial charge in [-0.3, -0.25) is 0 Å². The average molecular weight is 968 g/mol. The van der Waals surface area contributed by atoms with E-state index < -0.39 is 0 Å². The summed E-state index contributed by atoms with van der Waals surface area (Å²) in [6.45, 7) is 2.50. The van der Waals surface area contributed by atoms with Gasteiger partial charge in [0.15, 0.2) is 0 Å². The molecule has 1 nitrogen and oxygen atoms in total. The van der Waals surface area contributed by atoms with Gasteiger partial charge in [-0.05, 0) is 128 Å². The summed E-state index contributed by atoms with van der Waals surface area (Å²) in [6, 6.07) is 89.3. The van der Waals surface area contributed by atoms with Gasteiger partial charge < -0.3 is 4.90 Å². The summed E-state index contributed by atoms with van der Waals surface area (Å²) in [4.78, 5) is 2.51. The number of benzene rings is 10. The third-order valence-electron chi connectivity index (χ3n) is 17.3. The molecule has 1 fully saturated rings. The lowest BCUT2D eigenvalue weighted by Gasteiger charge is -2.44. The minimum atomic E-state index is -0.378. The van der Waals surface area contributed by atoms with Gasteiger partial charge in [-0.15, -0.1) is 11.3 Å². The second-order valence-electron chi connectivity index (χ2n) is 21.0. The first-order chi connectivity index (χ1) is 36.6. The van der Waals surface area contributed by atoms with Crippen molar-refractivity contribution in [3.8, 4) is 22.3 Å². The Labute approximate surface area is 439 Å². The molecule has 1 aromatic heterocycles. The molecule has 3 aliphatic rings. The highest BCUT2D eigenvalue weighted by molar-refractivity contribution is 7.25. The van der Waals surface area contributed by atoms with E-state index in [1.54, 1.807) is 0 Å². The zero-order valence-corrected chi connectivity index (χ0v) is 42.6. The van der Waals surface area contributed by atoms with Gasteiger partial charge in [0.1, 0.15) is 0 Å². The van der Waals surface area contributed by atoms with Crippen LogP contribution in [0.1, 0.15) is 78.3 Å². The summed E-state index contributed by atoms with van der Waals surface area (Å²) in [7, 11) is 0. The number of anilines is 3. The Morgan fingerprint density at radius 2 is 1.04 bits per heavy atom. The largest absolute Gasteiger partial charge is 0.310 e. The average Bonchev–Trinajstić information content (AvgIpc) is 4.11. The number of allylic oxidation sites excluding steroid dienone is 4. The fraction of sp³-hybridized carbons (Fsp3) is 0.139. The predicted octanol–water partition coefficient (Wildman–Crippen LogP) is 19.9. The van der Waals surface area contributed by atoms with E-state index in [9.17, 15) is 0 Å². The zero-order valence-electron chi connectivity index (χ0n) is 41.8. The van der Waals surface area contributed by atoms with Crippen molar-refractivity contribution in [1.29, 1.82) is 0 Å². The van der Waals surface area contributed by atoms with E-state index >= 15 is 0 Å². The van der Waals surface area contributed by atoms with Crippen LogP contribution in [0, 0.1) is 5.92 Å². The van der Waals surface area contributed by atoms with E-state index in [1.165, 1.54) is 124 Å². The highest BCUT2D eigenvalue weighted by Gasteiger charge is 2.60. The standard InChI is InChI=1S/C72H57NS/c1-71-62(36-20-40-68(71)72(53-25-7-3-8-26-53,54-27-9-4-10-28-54)64-35-14-13-34-63(64)71)51-43-47-56(48-44-51)73(55-45-41-50(42-46-55)58-32-19-39-67-70(58)61-30-12-16-38-66(61)74-67)65-37-15-11-29-59(65)60-33-18-24-52-23-17-31-57(69(52)60)49-21-5-2-6-22-49/h3-4,7-20,23-49,68H,2,5-6,21-22H2,1H3. The van der Waals surface area contributed by atoms with Crippen molar-refractivity contribution in [3.05, 3.63) is 288 Å². The molecule has 1 heterocycles. The van der Waals surface area contributed by atoms with Gasteiger partial charge >= 0.3 is 0 Å². The number of nitrogens with zero attached hydrogens (tertiary/aromatic N) is 1. The first kappa shape index (κ1) is 44.6. The molecule has 3 aliphatic carbocycles. The molecule has 10 aromatic carbocycles. The first-order valence-electron chi connectivity index (χ1n) is 26.7. The van der Waals surface area contributed by atoms with Crippen molar-refractivity contribution in [1.82, 2.24) is 0 Å². The van der Waals surface area contributed by atoms with Crippen LogP contribution < -0.4 is 4.90 Å². The molecule has 74 heavy (non-hydrogen) atoms. The van der Waals surface area contributed by atoms with Crippen molar-refractivity contribution < 1.29 is 0 Å². The molecule has 0 radical (unpaired) electrons. The lowest BCUT2D eigenvalue weighted by molar-refractivity contribution is 0.377. The van der Waals surface area contributed by atoms with E-state index in [0.717, 1.165) is 17.1 Å². The van der Waals surface area contributed by atoms with E-state index in [1.807, 2.05) is 11.3 Å². The Bertz CT molecular complexity index is 3900. The number of rotatable bonds is 9. The minimum Gasteiger partial charge on any atom is -0.310 e. The molecule has 2 atom stereocenters. The number of fused-ring (bicyclic) bond motifs is 7. The number of hydrogen-bond donors (Lipinski definition) is 0. The van der Waals surface area contributed by atoms with Crippen molar-refractivity contribution in [2.24, 2.45) is 5.92 Å². The highest BCUT2D eigenvalue weighted by atomic mass is 32.1. The molecule has 1 saturated carbocycles. The maximum absolute atomic E-state index is 2.51. The smallest absolute Gasteiger partial charge is 0.0540 e. The molecule has 0 bridgehead atoms. The van der Waals surface area contributed by atoms with Crippen molar-refractivity contribution >= 4 is 64.9 Å². The van der Waals surface area contributed by atoms with Crippen LogP contribution in [0.3, 0.4) is 0 Å². The zero-order chi connectivity index (χ0) is 49.2. The Hall–Kier alpha value is -8.04. The normalized spacial score (nSPS) is 18.1. The van der Waals surface area contributed by atoms with Gasteiger partial charge in [0.2, 0.25) is 0 Å². The van der Waals surface area contributed by atoms with Crippen LogP contribution >= 0.6 is 11.3 Å². The van der Waals surface area contributed by atoms with E-state index in [0.29, 0.717) is 5.92 Å². The van der Waals surface area contributed by atoms with E-state index in [4.69, 9.17) is 0 Å². The Balaban J connectivity index is 0.921. The summed E-state index contributed by atoms with van der Waals surface area (Å²) in [5.74, 6) is 0.709. The molecule has 0 saturated heterocycles. The van der Waals surface area contributed by atoms with Crippen LogP contribution in [0.15, 0.2) is 255 Å². The Morgan fingerprint density at radius 1 is 0.459 bits per heavy atom. The van der Waals surface area contributed by atoms with Crippen LogP contribution in [0.25, 0.3) is 58.8 Å². The maximum Gasteiger partial charge on any atom is 0.0540 e. The van der Waals surface area contributed by atoms with Gasteiger partial charge in [0.25, 0.3) is 0 Å². The second-order valence-corrected chi connectivity index (χ2v) is 22.1. The van der Waals surface area contributed by atoms with Crippen molar-refractivity contribution in [2.45, 2.75) is 55.8 Å². The van der Waals surface area contributed by atoms with Gasteiger partial charge in [-0.2, -0.15) is 0 Å². The van der Waals surface area contributed by atoms with Gasteiger partial charge in [0, 0.05) is 48.4 Å². The molecule has 0 amide bonds. The summed E-state index contributed by atoms with van der Waals surface area (Å²) in [6.07, 6.45) is 13.7. The molecule has 2 unspecified atom stereocenters. The van der Waals surface area contributed by atoms with Gasteiger partial charge in [-0.25, -0.2) is 0 Å². The number of hydrogen-bond acceptors (Lipinski definition) is 2. The molecule has 2 heteroatoms. The third kappa shape index (κ3) is 6.95. The highest BCUT2D eigenvalue weighted by Crippen LogP contribution is 2.65. The lowest BCUT2D eigenvalue weighted by Crippen LogP contribution is -2.41. The molecular formula is C72H57NS. The van der Waals surface area contributed by atoms with Gasteiger partial charge in [0.05, 0.1) is 11.1 Å². The summed E-state index contributed by atoms with van der Waals surface area (Å²) >= 11 is 1.88. The second kappa shape index (κ2) is 18.2. The molecule has 11 aromatic rings. The summed E-state index contributed by atoms with van der Waals surface area (Å²) in [5, 5.41) is 5.37. The van der Waals surface area contributed by atoms with Crippen LogP contribution in [0.2, 0.25) is 0 Å². The molecule has 0 N–H and O–H groups in total. The topological polar surface area (TPSA) is 3.24 Å². The van der Waals surface area contributed by atoms with Crippen LogP contribution in [-0.4, -0.2) is 0 Å². The summed E-state index contributed by atoms with van der Waals surface area (Å²) < 4.78 is 2.65. The first-order valence-corrected chi connectivity index (χ1v) is 27.5. The Morgan fingerprint density at radius 3 is 1.78 bits per heavy atom. The molecule has 14 rings (SSSR count). The molecule has 0 spiro atoms. The van der Waals surface area contributed by atoms with Crippen LogP contribution in [-0.2, 0) is 10.8 Å². The fourth-order valence-corrected chi connectivity index (χ4v) is 15.2. The molecular weight excluding hydrogens is 911 g/mol. The van der Waals surface area contributed by atoms with Crippen LogP contribution in [0.5, 0.6) is 0 Å². The predicted molar refractivity (Wildman–Crippen MR) is 315 cm³/mol. The number of para-hydroxylation sites is 1. The van der Waals surface area contributed by atoms with Crippen molar-refractivity contribution in [3.63, 3.8) is 0 Å². The van der Waals surface area contributed by atoms with E-state index in [2.05, 4.69) is 267 Å². The Kier molecular flexibility index (Phi) is 11.0. The summed E-state index contributed by atoms with van der Waals surface area (Å²) in [5.41, 5.74) is 17.2. The lowest BCUT2D eigenvalue weighted by atomic mass is 9.57. The third-order valence-corrected chi connectivity index (χ3v) is 18.4.